The zero-order valence-electron chi connectivity index (χ0n) is 9.63. The summed E-state index contributed by atoms with van der Waals surface area (Å²) in [6, 6.07) is 2.50. The van der Waals surface area contributed by atoms with Crippen molar-refractivity contribution < 1.29 is 17.9 Å². The van der Waals surface area contributed by atoms with Gasteiger partial charge in [-0.05, 0) is 12.1 Å². The van der Waals surface area contributed by atoms with Gasteiger partial charge in [-0.2, -0.15) is 13.2 Å². The molecule has 1 atom stereocenters. The van der Waals surface area contributed by atoms with Crippen LogP contribution in [0.5, 0.6) is 0 Å². The summed E-state index contributed by atoms with van der Waals surface area (Å²) in [5.74, 6) is 0.426. The smallest absolute Gasteiger partial charge is 0.378 e. The number of aromatic nitrogens is 1. The molecule has 1 saturated heterocycles. The lowest BCUT2D eigenvalue weighted by molar-refractivity contribution is -0.137. The van der Waals surface area contributed by atoms with Gasteiger partial charge in [0.15, 0.2) is 0 Å². The lowest BCUT2D eigenvalue weighted by atomic mass is 10.2. The summed E-state index contributed by atoms with van der Waals surface area (Å²) in [6.07, 6.45) is -3.52. The number of hydrogen-bond donors (Lipinski definition) is 2. The number of pyridine rings is 1. The number of halogens is 3. The molecule has 0 saturated carbocycles. The fourth-order valence-electron chi connectivity index (χ4n) is 1.64. The fraction of sp³-hybridized carbons (Fsp3) is 0.545. The number of alkyl halides is 3. The van der Waals surface area contributed by atoms with E-state index in [0.717, 1.165) is 18.8 Å². The largest absolute Gasteiger partial charge is 0.417 e. The lowest BCUT2D eigenvalue weighted by Gasteiger charge is -2.24. The number of anilines is 1. The predicted molar refractivity (Wildman–Crippen MR) is 60.3 cm³/mol. The Labute approximate surface area is 103 Å². The molecule has 0 aromatic carbocycles. The van der Waals surface area contributed by atoms with Gasteiger partial charge in [-0.25, -0.2) is 4.98 Å². The van der Waals surface area contributed by atoms with Gasteiger partial charge >= 0.3 is 6.18 Å². The quantitative estimate of drug-likeness (QED) is 0.865. The van der Waals surface area contributed by atoms with Gasteiger partial charge in [-0.15, -0.1) is 0 Å². The Balaban J connectivity index is 1.86. The summed E-state index contributed by atoms with van der Waals surface area (Å²) < 4.78 is 42.2. The maximum Gasteiger partial charge on any atom is 0.417 e. The first-order valence-electron chi connectivity index (χ1n) is 5.64. The molecule has 2 N–H and O–H groups in total. The molecule has 18 heavy (non-hydrogen) atoms. The van der Waals surface area contributed by atoms with Crippen LogP contribution in [0.2, 0.25) is 0 Å². The number of morpholine rings is 1. The van der Waals surface area contributed by atoms with Crippen molar-refractivity contribution in [1.82, 2.24) is 10.3 Å². The van der Waals surface area contributed by atoms with Crippen LogP contribution in [0.3, 0.4) is 0 Å². The van der Waals surface area contributed by atoms with E-state index in [1.54, 1.807) is 0 Å². The number of nitrogens with one attached hydrogen (secondary N) is 2. The first kappa shape index (κ1) is 13.1. The molecule has 1 aromatic rings. The van der Waals surface area contributed by atoms with Gasteiger partial charge in [-0.1, -0.05) is 0 Å². The summed E-state index contributed by atoms with van der Waals surface area (Å²) in [5.41, 5.74) is -0.743. The topological polar surface area (TPSA) is 46.2 Å². The van der Waals surface area contributed by atoms with E-state index in [2.05, 4.69) is 15.6 Å². The van der Waals surface area contributed by atoms with Crippen LogP contribution in [0.4, 0.5) is 19.0 Å². The second-order valence-corrected chi connectivity index (χ2v) is 4.04. The molecule has 7 heteroatoms. The first-order chi connectivity index (χ1) is 8.55. The molecule has 0 spiro atoms. The van der Waals surface area contributed by atoms with Crippen LogP contribution in [0.25, 0.3) is 0 Å². The molecule has 0 amide bonds. The summed E-state index contributed by atoms with van der Waals surface area (Å²) in [4.78, 5) is 3.73. The summed E-state index contributed by atoms with van der Waals surface area (Å²) in [7, 11) is 0. The molecular formula is C11H14F3N3O. The third-order valence-corrected chi connectivity index (χ3v) is 2.62. The minimum Gasteiger partial charge on any atom is -0.378 e. The minimum absolute atomic E-state index is 0.155. The van der Waals surface area contributed by atoms with Gasteiger partial charge in [0.25, 0.3) is 0 Å². The van der Waals surface area contributed by atoms with Gasteiger partial charge in [0, 0.05) is 25.3 Å². The Morgan fingerprint density at radius 1 is 1.44 bits per heavy atom. The first-order valence-corrected chi connectivity index (χ1v) is 5.64. The van der Waals surface area contributed by atoms with Crippen LogP contribution < -0.4 is 10.6 Å². The van der Waals surface area contributed by atoms with Crippen molar-refractivity contribution in [3.05, 3.63) is 23.9 Å². The third kappa shape index (κ3) is 3.58. The van der Waals surface area contributed by atoms with E-state index in [1.165, 1.54) is 6.07 Å². The summed E-state index contributed by atoms with van der Waals surface area (Å²) >= 11 is 0. The van der Waals surface area contributed by atoms with E-state index in [9.17, 15) is 13.2 Å². The molecule has 1 unspecified atom stereocenters. The van der Waals surface area contributed by atoms with Gasteiger partial charge < -0.3 is 15.4 Å². The van der Waals surface area contributed by atoms with Gasteiger partial charge in [-0.3, -0.25) is 0 Å². The van der Waals surface area contributed by atoms with Gasteiger partial charge in [0.05, 0.1) is 18.8 Å². The monoisotopic (exact) mass is 261 g/mol. The highest BCUT2D eigenvalue weighted by atomic mass is 19.4. The van der Waals surface area contributed by atoms with Crippen molar-refractivity contribution in [2.45, 2.75) is 12.2 Å². The van der Waals surface area contributed by atoms with Crippen molar-refractivity contribution in [2.24, 2.45) is 0 Å². The average molecular weight is 261 g/mol. The Morgan fingerprint density at radius 2 is 2.28 bits per heavy atom. The molecule has 1 fully saturated rings. The highest BCUT2D eigenvalue weighted by Crippen LogP contribution is 2.28. The third-order valence-electron chi connectivity index (χ3n) is 2.62. The average Bonchev–Trinajstić information content (AvgIpc) is 2.37. The molecule has 1 aliphatic rings. The van der Waals surface area contributed by atoms with Crippen LogP contribution in [0.15, 0.2) is 18.3 Å². The maximum absolute atomic E-state index is 12.3. The molecule has 0 bridgehead atoms. The highest BCUT2D eigenvalue weighted by molar-refractivity contribution is 5.36. The van der Waals surface area contributed by atoms with Gasteiger partial charge in [0.2, 0.25) is 0 Å². The second-order valence-electron chi connectivity index (χ2n) is 4.04. The SMILES string of the molecule is FC(F)(F)c1ccc(NCC2COCCN2)nc1. The van der Waals surface area contributed by atoms with Crippen molar-refractivity contribution in [1.29, 1.82) is 0 Å². The Morgan fingerprint density at radius 3 is 2.83 bits per heavy atom. The van der Waals surface area contributed by atoms with E-state index in [4.69, 9.17) is 4.74 Å². The zero-order valence-corrected chi connectivity index (χ0v) is 9.63. The van der Waals surface area contributed by atoms with Crippen LogP contribution >= 0.6 is 0 Å². The molecular weight excluding hydrogens is 247 g/mol. The van der Waals surface area contributed by atoms with Crippen molar-refractivity contribution in [3.8, 4) is 0 Å². The molecule has 0 radical (unpaired) electrons. The number of hydrogen-bond acceptors (Lipinski definition) is 4. The van der Waals surface area contributed by atoms with Crippen LogP contribution in [-0.2, 0) is 10.9 Å². The molecule has 2 heterocycles. The second kappa shape index (κ2) is 5.53. The van der Waals surface area contributed by atoms with E-state index >= 15 is 0 Å². The number of nitrogens with zero attached hydrogens (tertiary/aromatic N) is 1. The maximum atomic E-state index is 12.3. The van der Waals surface area contributed by atoms with Crippen molar-refractivity contribution in [3.63, 3.8) is 0 Å². The molecule has 4 nitrogen and oxygen atoms in total. The van der Waals surface area contributed by atoms with Crippen molar-refractivity contribution in [2.75, 3.05) is 31.6 Å². The molecule has 1 aliphatic heterocycles. The van der Waals surface area contributed by atoms with Crippen LogP contribution in [-0.4, -0.2) is 37.3 Å². The van der Waals surface area contributed by atoms with Crippen LogP contribution in [0, 0.1) is 0 Å². The highest BCUT2D eigenvalue weighted by Gasteiger charge is 2.30. The Kier molecular flexibility index (Phi) is 4.03. The fourth-order valence-corrected chi connectivity index (χ4v) is 1.64. The standard InChI is InChI=1S/C11H14F3N3O/c12-11(13,14)8-1-2-10(16-5-8)17-6-9-7-18-4-3-15-9/h1-2,5,9,15H,3-4,6-7H2,(H,16,17). The van der Waals surface area contributed by atoms with E-state index in [0.29, 0.717) is 25.6 Å². The van der Waals surface area contributed by atoms with E-state index in [1.807, 2.05) is 0 Å². The van der Waals surface area contributed by atoms with E-state index < -0.39 is 11.7 Å². The van der Waals surface area contributed by atoms with E-state index in [-0.39, 0.29) is 6.04 Å². The zero-order chi connectivity index (χ0) is 13.0. The Hall–Kier alpha value is -1.34. The molecule has 2 rings (SSSR count). The predicted octanol–water partition coefficient (Wildman–Crippen LogP) is 1.50. The van der Waals surface area contributed by atoms with Crippen LogP contribution in [0.1, 0.15) is 5.56 Å². The lowest BCUT2D eigenvalue weighted by Crippen LogP contribution is -2.45. The molecule has 0 aliphatic carbocycles. The molecule has 100 valence electrons. The minimum atomic E-state index is -4.34. The van der Waals surface area contributed by atoms with Gasteiger partial charge in [0.1, 0.15) is 5.82 Å². The molecule has 1 aromatic heterocycles. The summed E-state index contributed by atoms with van der Waals surface area (Å²) in [6.45, 7) is 2.63. The number of ether oxygens (including phenoxy) is 1. The normalized spacial score (nSPS) is 20.7. The Bertz CT molecular complexity index is 374. The number of rotatable bonds is 3. The van der Waals surface area contributed by atoms with Crippen molar-refractivity contribution >= 4 is 5.82 Å². The summed E-state index contributed by atoms with van der Waals surface area (Å²) in [5, 5.41) is 6.20.